The minimum absolute atomic E-state index is 0.0155. The number of rotatable bonds is 56. The molecule has 0 spiro atoms. The molecule has 0 radical (unpaired) electrons. The monoisotopic (exact) mass is 944 g/mol. The maximum Gasteiger partial charge on any atom is 0.305 e. The maximum atomic E-state index is 12.4. The summed E-state index contributed by atoms with van der Waals surface area (Å²) in [5.74, 6) is -0.0583. The van der Waals surface area contributed by atoms with E-state index in [2.05, 4.69) is 31.3 Å². The standard InChI is InChI=1S/C61H117NO5/c1-3-5-7-9-11-13-15-16-17-29-32-35-39-43-47-51-55-61(66)67-56-52-48-44-40-36-33-30-27-25-23-21-19-18-20-22-24-26-28-31-34-38-42-46-50-54-60(65)62-58(57-63)59(64)53-49-45-41-37-14-12-10-8-6-4-2/h20,22,49,53,58-59,63-64H,3-19,21,23-48,50-52,54-57H2,1-2H3,(H,62,65)/b22-20-,53-49+. The van der Waals surface area contributed by atoms with E-state index in [9.17, 15) is 19.8 Å². The average molecular weight is 945 g/mol. The van der Waals surface area contributed by atoms with Crippen LogP contribution < -0.4 is 5.32 Å². The minimum atomic E-state index is -0.845. The van der Waals surface area contributed by atoms with Gasteiger partial charge in [-0.2, -0.15) is 0 Å². The van der Waals surface area contributed by atoms with Crippen molar-refractivity contribution in [2.45, 2.75) is 341 Å². The summed E-state index contributed by atoms with van der Waals surface area (Å²) in [5, 5.41) is 23.0. The third kappa shape index (κ3) is 53.5. The van der Waals surface area contributed by atoms with Crippen molar-refractivity contribution in [2.75, 3.05) is 13.2 Å². The molecule has 0 aliphatic heterocycles. The number of hydrogen-bond acceptors (Lipinski definition) is 5. The second kappa shape index (κ2) is 56.9. The molecular formula is C61H117NO5. The number of nitrogens with one attached hydrogen (secondary N) is 1. The van der Waals surface area contributed by atoms with Crippen LogP contribution in [0.25, 0.3) is 0 Å². The van der Waals surface area contributed by atoms with Crippen LogP contribution in [-0.2, 0) is 14.3 Å². The van der Waals surface area contributed by atoms with Gasteiger partial charge in [0.1, 0.15) is 0 Å². The lowest BCUT2D eigenvalue weighted by atomic mass is 10.0. The highest BCUT2D eigenvalue weighted by molar-refractivity contribution is 5.76. The number of carbonyl (C=O) groups excluding carboxylic acids is 2. The predicted molar refractivity (Wildman–Crippen MR) is 292 cm³/mol. The Bertz CT molecular complexity index is 1040. The fourth-order valence-corrected chi connectivity index (χ4v) is 9.34. The van der Waals surface area contributed by atoms with Gasteiger partial charge >= 0.3 is 5.97 Å². The van der Waals surface area contributed by atoms with Crippen molar-refractivity contribution in [3.8, 4) is 0 Å². The molecule has 2 atom stereocenters. The summed E-state index contributed by atoms with van der Waals surface area (Å²) in [6.07, 6.45) is 69.4. The number of aliphatic hydroxyl groups is 2. The Morgan fingerprint density at radius 3 is 1.06 bits per heavy atom. The van der Waals surface area contributed by atoms with Gasteiger partial charge in [0.05, 0.1) is 25.4 Å². The topological polar surface area (TPSA) is 95.9 Å². The summed E-state index contributed by atoms with van der Waals surface area (Å²) in [4.78, 5) is 24.5. The molecule has 0 aliphatic carbocycles. The number of unbranched alkanes of at least 4 members (excludes halogenated alkanes) is 43. The average Bonchev–Trinajstić information content (AvgIpc) is 3.33. The molecule has 6 nitrogen and oxygen atoms in total. The normalized spacial score (nSPS) is 12.7. The van der Waals surface area contributed by atoms with E-state index in [1.165, 1.54) is 263 Å². The van der Waals surface area contributed by atoms with Gasteiger partial charge in [-0.1, -0.05) is 282 Å². The summed E-state index contributed by atoms with van der Waals surface area (Å²) in [7, 11) is 0. The van der Waals surface area contributed by atoms with E-state index in [1.807, 2.05) is 6.08 Å². The van der Waals surface area contributed by atoms with Crippen LogP contribution in [0, 0.1) is 0 Å². The molecule has 0 saturated heterocycles. The van der Waals surface area contributed by atoms with E-state index in [0.29, 0.717) is 19.4 Å². The van der Waals surface area contributed by atoms with Gasteiger partial charge in [-0.3, -0.25) is 9.59 Å². The van der Waals surface area contributed by atoms with E-state index in [4.69, 9.17) is 4.74 Å². The van der Waals surface area contributed by atoms with Gasteiger partial charge < -0.3 is 20.3 Å². The van der Waals surface area contributed by atoms with Gasteiger partial charge in [0, 0.05) is 12.8 Å². The van der Waals surface area contributed by atoms with Crippen molar-refractivity contribution in [1.29, 1.82) is 0 Å². The van der Waals surface area contributed by atoms with Crippen LogP contribution in [0.15, 0.2) is 24.3 Å². The summed E-state index contributed by atoms with van der Waals surface area (Å²) in [6, 6.07) is -0.629. The molecule has 396 valence electrons. The van der Waals surface area contributed by atoms with Crippen molar-refractivity contribution in [1.82, 2.24) is 5.32 Å². The summed E-state index contributed by atoms with van der Waals surface area (Å²) < 4.78 is 5.49. The van der Waals surface area contributed by atoms with Crippen molar-refractivity contribution in [2.24, 2.45) is 0 Å². The zero-order valence-electron chi connectivity index (χ0n) is 45.1. The molecule has 0 aromatic carbocycles. The highest BCUT2D eigenvalue weighted by atomic mass is 16.5. The van der Waals surface area contributed by atoms with E-state index in [1.54, 1.807) is 6.08 Å². The van der Waals surface area contributed by atoms with E-state index in [-0.39, 0.29) is 18.5 Å². The smallest absolute Gasteiger partial charge is 0.305 e. The first kappa shape index (κ1) is 65.3. The Hall–Kier alpha value is -1.66. The molecule has 0 aromatic heterocycles. The largest absolute Gasteiger partial charge is 0.466 e. The quantitative estimate of drug-likeness (QED) is 0.0321. The van der Waals surface area contributed by atoms with Gasteiger partial charge in [0.25, 0.3) is 0 Å². The van der Waals surface area contributed by atoms with Gasteiger partial charge in [0.2, 0.25) is 5.91 Å². The Morgan fingerprint density at radius 2 is 0.701 bits per heavy atom. The molecule has 2 unspecified atom stereocenters. The van der Waals surface area contributed by atoms with Crippen LogP contribution in [0.1, 0.15) is 328 Å². The molecule has 0 saturated carbocycles. The highest BCUT2D eigenvalue weighted by Gasteiger charge is 2.18. The Kier molecular flexibility index (Phi) is 55.5. The molecule has 6 heteroatoms. The Morgan fingerprint density at radius 1 is 0.403 bits per heavy atom. The molecule has 3 N–H and O–H groups in total. The van der Waals surface area contributed by atoms with Crippen molar-refractivity contribution in [3.63, 3.8) is 0 Å². The van der Waals surface area contributed by atoms with Crippen LogP contribution in [0.3, 0.4) is 0 Å². The van der Waals surface area contributed by atoms with Crippen LogP contribution in [0.4, 0.5) is 0 Å². The fourth-order valence-electron chi connectivity index (χ4n) is 9.34. The predicted octanol–water partition coefficient (Wildman–Crippen LogP) is 18.6. The van der Waals surface area contributed by atoms with E-state index >= 15 is 0 Å². The van der Waals surface area contributed by atoms with Crippen molar-refractivity contribution >= 4 is 11.9 Å². The van der Waals surface area contributed by atoms with Crippen LogP contribution in [0.5, 0.6) is 0 Å². The van der Waals surface area contributed by atoms with Crippen molar-refractivity contribution in [3.05, 3.63) is 24.3 Å². The first-order valence-electron chi connectivity index (χ1n) is 30.1. The molecule has 0 rings (SSSR count). The highest BCUT2D eigenvalue weighted by Crippen LogP contribution is 2.17. The minimum Gasteiger partial charge on any atom is -0.466 e. The number of aliphatic hydroxyl groups excluding tert-OH is 2. The van der Waals surface area contributed by atoms with E-state index < -0.39 is 12.1 Å². The first-order chi connectivity index (χ1) is 33.0. The number of esters is 1. The molecule has 0 aromatic rings. The lowest BCUT2D eigenvalue weighted by Crippen LogP contribution is -2.45. The maximum absolute atomic E-state index is 12.4. The Labute approximate surface area is 418 Å². The number of hydrogen-bond donors (Lipinski definition) is 3. The van der Waals surface area contributed by atoms with Gasteiger partial charge in [-0.15, -0.1) is 0 Å². The van der Waals surface area contributed by atoms with Gasteiger partial charge in [-0.25, -0.2) is 0 Å². The lowest BCUT2D eigenvalue weighted by Gasteiger charge is -2.20. The second-order valence-corrected chi connectivity index (χ2v) is 20.7. The third-order valence-corrected chi connectivity index (χ3v) is 14.0. The zero-order valence-corrected chi connectivity index (χ0v) is 45.1. The van der Waals surface area contributed by atoms with Gasteiger partial charge in [0.15, 0.2) is 0 Å². The van der Waals surface area contributed by atoms with Gasteiger partial charge in [-0.05, 0) is 57.8 Å². The fraction of sp³-hybridized carbons (Fsp3) is 0.902. The summed E-state index contributed by atoms with van der Waals surface area (Å²) in [6.45, 7) is 4.90. The third-order valence-electron chi connectivity index (χ3n) is 14.0. The summed E-state index contributed by atoms with van der Waals surface area (Å²) in [5.41, 5.74) is 0. The SMILES string of the molecule is CCCCCCCCCC/C=C/C(O)C(CO)NC(=O)CCCCCCCCCC/C=C\CCCCCCCCCCCCCCOC(=O)CCCCCCCCCCCCCCCCCC. The lowest BCUT2D eigenvalue weighted by molar-refractivity contribution is -0.143. The number of ether oxygens (including phenoxy) is 1. The second-order valence-electron chi connectivity index (χ2n) is 20.7. The number of amides is 1. The molecule has 0 bridgehead atoms. The molecule has 0 fully saturated rings. The molecule has 0 heterocycles. The number of carbonyl (C=O) groups is 2. The van der Waals surface area contributed by atoms with Crippen LogP contribution in [-0.4, -0.2) is 47.4 Å². The van der Waals surface area contributed by atoms with Crippen LogP contribution in [0.2, 0.25) is 0 Å². The molecular weight excluding hydrogens is 827 g/mol. The summed E-state index contributed by atoms with van der Waals surface area (Å²) >= 11 is 0. The molecule has 67 heavy (non-hydrogen) atoms. The van der Waals surface area contributed by atoms with Crippen LogP contribution >= 0.6 is 0 Å². The zero-order chi connectivity index (χ0) is 48.6. The molecule has 0 aliphatic rings. The van der Waals surface area contributed by atoms with E-state index in [0.717, 1.165) is 38.5 Å². The molecule has 1 amide bonds. The Balaban J connectivity index is 3.38. The number of allylic oxidation sites excluding steroid dienone is 3. The first-order valence-corrected chi connectivity index (χ1v) is 30.1. The van der Waals surface area contributed by atoms with Crippen molar-refractivity contribution < 1.29 is 24.5 Å².